The maximum atomic E-state index is 11.4. The first-order chi connectivity index (χ1) is 7.24. The van der Waals surface area contributed by atoms with Crippen molar-refractivity contribution in [2.24, 2.45) is 0 Å². The van der Waals surface area contributed by atoms with Crippen LogP contribution >= 0.6 is 0 Å². The molecule has 3 N–H and O–H groups in total. The van der Waals surface area contributed by atoms with Gasteiger partial charge in [0.05, 0.1) is 11.4 Å². The van der Waals surface area contributed by atoms with Gasteiger partial charge in [-0.05, 0) is 19.1 Å². The standard InChI is InChI=1S/C12H14N2O/c1-2-3-4-9-12(15)14-11-8-6-5-7-10(11)13/h2-9H,13H2,1H3,(H,14,15)/b3-2+,9-4+. The number of nitrogens with one attached hydrogen (secondary N) is 1. The van der Waals surface area contributed by atoms with Crippen LogP contribution in [-0.2, 0) is 4.79 Å². The lowest BCUT2D eigenvalue weighted by molar-refractivity contribution is -0.111. The number of nitrogens with two attached hydrogens (primary N) is 1. The summed E-state index contributed by atoms with van der Waals surface area (Å²) in [7, 11) is 0. The van der Waals surface area contributed by atoms with Crippen molar-refractivity contribution in [3.63, 3.8) is 0 Å². The summed E-state index contributed by atoms with van der Waals surface area (Å²) in [4.78, 5) is 11.4. The maximum Gasteiger partial charge on any atom is 0.248 e. The Balaban J connectivity index is 2.63. The van der Waals surface area contributed by atoms with E-state index in [4.69, 9.17) is 5.73 Å². The Kier molecular flexibility index (Phi) is 4.16. The number of rotatable bonds is 3. The molecule has 78 valence electrons. The molecular weight excluding hydrogens is 188 g/mol. The minimum atomic E-state index is -0.189. The van der Waals surface area contributed by atoms with Crippen LogP contribution < -0.4 is 11.1 Å². The summed E-state index contributed by atoms with van der Waals surface area (Å²) >= 11 is 0. The largest absolute Gasteiger partial charge is 0.397 e. The lowest BCUT2D eigenvalue weighted by Crippen LogP contribution is -2.09. The van der Waals surface area contributed by atoms with Crippen LogP contribution in [0.25, 0.3) is 0 Å². The number of amides is 1. The van der Waals surface area contributed by atoms with Crippen LogP contribution in [0.5, 0.6) is 0 Å². The monoisotopic (exact) mass is 202 g/mol. The van der Waals surface area contributed by atoms with Gasteiger partial charge in [-0.2, -0.15) is 0 Å². The third-order valence-electron chi connectivity index (χ3n) is 1.77. The highest BCUT2D eigenvalue weighted by Crippen LogP contribution is 2.16. The Morgan fingerprint density at radius 3 is 2.73 bits per heavy atom. The highest BCUT2D eigenvalue weighted by Gasteiger charge is 1.99. The predicted octanol–water partition coefficient (Wildman–Crippen LogP) is 2.34. The first-order valence-corrected chi connectivity index (χ1v) is 4.69. The fourth-order valence-corrected chi connectivity index (χ4v) is 1.04. The number of hydrogen-bond donors (Lipinski definition) is 2. The van der Waals surface area contributed by atoms with Crippen LogP contribution in [0.4, 0.5) is 11.4 Å². The number of allylic oxidation sites excluding steroid dienone is 3. The topological polar surface area (TPSA) is 55.1 Å². The molecule has 0 spiro atoms. The molecule has 0 radical (unpaired) electrons. The van der Waals surface area contributed by atoms with Gasteiger partial charge in [-0.15, -0.1) is 0 Å². The van der Waals surface area contributed by atoms with E-state index in [9.17, 15) is 4.79 Å². The van der Waals surface area contributed by atoms with E-state index in [1.807, 2.05) is 25.1 Å². The SMILES string of the molecule is C/C=C/C=C/C(=O)Nc1ccccc1N. The molecular formula is C12H14N2O. The summed E-state index contributed by atoms with van der Waals surface area (Å²) in [5, 5.41) is 2.68. The number of benzene rings is 1. The molecule has 1 aromatic carbocycles. The summed E-state index contributed by atoms with van der Waals surface area (Å²) in [6, 6.07) is 7.14. The molecule has 15 heavy (non-hydrogen) atoms. The molecule has 0 bridgehead atoms. The Labute approximate surface area is 89.3 Å². The van der Waals surface area contributed by atoms with Gasteiger partial charge in [-0.3, -0.25) is 4.79 Å². The van der Waals surface area contributed by atoms with E-state index in [0.717, 1.165) is 0 Å². The maximum absolute atomic E-state index is 11.4. The van der Waals surface area contributed by atoms with E-state index in [1.54, 1.807) is 24.3 Å². The van der Waals surface area contributed by atoms with E-state index in [-0.39, 0.29) is 5.91 Å². The summed E-state index contributed by atoms with van der Waals surface area (Å²) in [6.45, 7) is 1.89. The first-order valence-electron chi connectivity index (χ1n) is 4.69. The second kappa shape index (κ2) is 5.65. The van der Waals surface area contributed by atoms with Crippen molar-refractivity contribution in [3.8, 4) is 0 Å². The van der Waals surface area contributed by atoms with Gasteiger partial charge in [0.15, 0.2) is 0 Å². The molecule has 0 aliphatic heterocycles. The van der Waals surface area contributed by atoms with Gasteiger partial charge in [-0.25, -0.2) is 0 Å². The second-order valence-corrected chi connectivity index (χ2v) is 2.96. The molecule has 3 nitrogen and oxygen atoms in total. The zero-order chi connectivity index (χ0) is 11.1. The molecule has 3 heteroatoms. The minimum absolute atomic E-state index is 0.189. The van der Waals surface area contributed by atoms with E-state index in [2.05, 4.69) is 5.32 Å². The summed E-state index contributed by atoms with van der Waals surface area (Å²) < 4.78 is 0. The van der Waals surface area contributed by atoms with Gasteiger partial charge in [0.25, 0.3) is 0 Å². The van der Waals surface area contributed by atoms with Crippen LogP contribution in [0.1, 0.15) is 6.92 Å². The van der Waals surface area contributed by atoms with Crippen LogP contribution in [0.3, 0.4) is 0 Å². The average molecular weight is 202 g/mol. The molecule has 0 fully saturated rings. The van der Waals surface area contributed by atoms with Gasteiger partial charge < -0.3 is 11.1 Å². The molecule has 1 aromatic rings. The fraction of sp³-hybridized carbons (Fsp3) is 0.0833. The Morgan fingerprint density at radius 2 is 2.07 bits per heavy atom. The number of carbonyl (C=O) groups excluding carboxylic acids is 1. The van der Waals surface area contributed by atoms with Crippen molar-refractivity contribution in [1.82, 2.24) is 0 Å². The van der Waals surface area contributed by atoms with E-state index in [1.165, 1.54) is 6.08 Å². The number of anilines is 2. The summed E-state index contributed by atoms with van der Waals surface area (Å²) in [5.74, 6) is -0.189. The van der Waals surface area contributed by atoms with E-state index in [0.29, 0.717) is 11.4 Å². The smallest absolute Gasteiger partial charge is 0.248 e. The molecule has 0 saturated carbocycles. The molecule has 0 saturated heterocycles. The van der Waals surface area contributed by atoms with Crippen LogP contribution in [-0.4, -0.2) is 5.91 Å². The van der Waals surface area contributed by atoms with Gasteiger partial charge in [0.1, 0.15) is 0 Å². The van der Waals surface area contributed by atoms with Gasteiger partial charge in [-0.1, -0.05) is 30.4 Å². The normalized spacial score (nSPS) is 11.0. The molecule has 0 aliphatic rings. The van der Waals surface area contributed by atoms with E-state index >= 15 is 0 Å². The van der Waals surface area contributed by atoms with Crippen molar-refractivity contribution < 1.29 is 4.79 Å². The number of hydrogen-bond acceptors (Lipinski definition) is 2. The Morgan fingerprint density at radius 1 is 1.33 bits per heavy atom. The average Bonchev–Trinajstić information content (AvgIpc) is 2.22. The van der Waals surface area contributed by atoms with Gasteiger partial charge >= 0.3 is 0 Å². The Hall–Kier alpha value is -2.03. The first kappa shape index (κ1) is 11.0. The highest BCUT2D eigenvalue weighted by atomic mass is 16.1. The van der Waals surface area contributed by atoms with Crippen molar-refractivity contribution in [3.05, 3.63) is 48.6 Å². The lowest BCUT2D eigenvalue weighted by atomic mass is 10.2. The van der Waals surface area contributed by atoms with Crippen LogP contribution in [0, 0.1) is 0 Å². The molecule has 1 amide bonds. The predicted molar refractivity (Wildman–Crippen MR) is 63.4 cm³/mol. The zero-order valence-corrected chi connectivity index (χ0v) is 8.60. The molecule has 0 unspecified atom stereocenters. The van der Waals surface area contributed by atoms with Crippen molar-refractivity contribution in [2.45, 2.75) is 6.92 Å². The number of para-hydroxylation sites is 2. The van der Waals surface area contributed by atoms with Crippen molar-refractivity contribution in [1.29, 1.82) is 0 Å². The van der Waals surface area contributed by atoms with Crippen LogP contribution in [0.2, 0.25) is 0 Å². The van der Waals surface area contributed by atoms with Gasteiger partial charge in [0, 0.05) is 6.08 Å². The number of nitrogen functional groups attached to an aromatic ring is 1. The van der Waals surface area contributed by atoms with Crippen LogP contribution in [0.15, 0.2) is 48.6 Å². The molecule has 0 atom stereocenters. The van der Waals surface area contributed by atoms with Gasteiger partial charge in [0.2, 0.25) is 5.91 Å². The quantitative estimate of drug-likeness (QED) is 0.449. The summed E-state index contributed by atoms with van der Waals surface area (Å²) in [6.07, 6.45) is 6.76. The molecule has 0 heterocycles. The number of carbonyl (C=O) groups is 1. The summed E-state index contributed by atoms with van der Waals surface area (Å²) in [5.41, 5.74) is 6.86. The minimum Gasteiger partial charge on any atom is -0.397 e. The van der Waals surface area contributed by atoms with Crippen molar-refractivity contribution in [2.75, 3.05) is 11.1 Å². The van der Waals surface area contributed by atoms with Crippen molar-refractivity contribution >= 4 is 17.3 Å². The molecule has 1 rings (SSSR count). The zero-order valence-electron chi connectivity index (χ0n) is 8.60. The lowest BCUT2D eigenvalue weighted by Gasteiger charge is -2.04. The second-order valence-electron chi connectivity index (χ2n) is 2.96. The third-order valence-corrected chi connectivity index (χ3v) is 1.77. The highest BCUT2D eigenvalue weighted by molar-refractivity contribution is 6.01. The Bertz CT molecular complexity index is 394. The third kappa shape index (κ3) is 3.68. The van der Waals surface area contributed by atoms with E-state index < -0.39 is 0 Å². The molecule has 0 aromatic heterocycles. The fourth-order valence-electron chi connectivity index (χ4n) is 1.04. The molecule has 0 aliphatic carbocycles.